The van der Waals surface area contributed by atoms with E-state index in [-0.39, 0.29) is 11.3 Å². The number of carbonyl (C=O) groups excluding carboxylic acids is 1. The van der Waals surface area contributed by atoms with E-state index in [1.807, 2.05) is 12.1 Å². The maximum Gasteiger partial charge on any atom is 0.271 e. The van der Waals surface area contributed by atoms with Gasteiger partial charge >= 0.3 is 0 Å². The van der Waals surface area contributed by atoms with Gasteiger partial charge in [0, 0.05) is 30.2 Å². The minimum absolute atomic E-state index is 0.0274. The number of nitrogens with one attached hydrogen (secondary N) is 2. The van der Waals surface area contributed by atoms with Gasteiger partial charge in [-0.1, -0.05) is 13.8 Å². The highest BCUT2D eigenvalue weighted by Crippen LogP contribution is 2.27. The van der Waals surface area contributed by atoms with Crippen LogP contribution in [-0.2, 0) is 6.42 Å². The molecular formula is C14H16N4O. The van der Waals surface area contributed by atoms with Crippen molar-refractivity contribution in [3.05, 3.63) is 35.9 Å². The third-order valence-electron chi connectivity index (χ3n) is 3.31. The van der Waals surface area contributed by atoms with Crippen LogP contribution in [-0.4, -0.2) is 27.4 Å². The van der Waals surface area contributed by atoms with Crippen molar-refractivity contribution in [3.8, 4) is 11.4 Å². The van der Waals surface area contributed by atoms with Crippen molar-refractivity contribution in [1.29, 1.82) is 0 Å². The predicted molar refractivity (Wildman–Crippen MR) is 71.6 cm³/mol. The number of aromatic amines is 1. The average molecular weight is 256 g/mol. The summed E-state index contributed by atoms with van der Waals surface area (Å²) in [7, 11) is 0. The van der Waals surface area contributed by atoms with Gasteiger partial charge in [0.05, 0.1) is 0 Å². The van der Waals surface area contributed by atoms with E-state index < -0.39 is 0 Å². The number of H-pyrrole nitrogens is 1. The normalized spacial score (nSPS) is 17.5. The van der Waals surface area contributed by atoms with E-state index in [0.717, 1.165) is 17.7 Å². The standard InChI is InChI=1S/C14H16N4O/c1-14(2)6-10-11(13(19)16-8-14)18-12(17-10)9-4-3-5-15-7-9/h3-5,7H,6,8H2,1-2H3,(H,16,19)(H,17,18). The molecule has 19 heavy (non-hydrogen) atoms. The fourth-order valence-corrected chi connectivity index (χ4v) is 2.31. The fraction of sp³-hybridized carbons (Fsp3) is 0.357. The molecule has 5 nitrogen and oxygen atoms in total. The van der Waals surface area contributed by atoms with Gasteiger partial charge in [0.1, 0.15) is 11.5 Å². The van der Waals surface area contributed by atoms with Crippen LogP contribution >= 0.6 is 0 Å². The SMILES string of the molecule is CC1(C)CNC(=O)c2nc(-c3cccnc3)[nH]c2C1. The lowest BCUT2D eigenvalue weighted by Crippen LogP contribution is -2.32. The van der Waals surface area contributed by atoms with E-state index in [2.05, 4.69) is 34.1 Å². The predicted octanol–water partition coefficient (Wildman–Crippen LogP) is 1.78. The van der Waals surface area contributed by atoms with Crippen LogP contribution < -0.4 is 5.32 Å². The molecule has 2 N–H and O–H groups in total. The maximum absolute atomic E-state index is 12.0. The van der Waals surface area contributed by atoms with Gasteiger partial charge in [-0.2, -0.15) is 0 Å². The number of pyridine rings is 1. The summed E-state index contributed by atoms with van der Waals surface area (Å²) in [6.07, 6.45) is 4.25. The van der Waals surface area contributed by atoms with Gasteiger partial charge in [-0.3, -0.25) is 9.78 Å². The Labute approximate surface area is 111 Å². The molecule has 0 bridgehead atoms. The van der Waals surface area contributed by atoms with Crippen molar-refractivity contribution in [3.63, 3.8) is 0 Å². The second-order valence-electron chi connectivity index (χ2n) is 5.68. The average Bonchev–Trinajstić information content (AvgIpc) is 2.76. The van der Waals surface area contributed by atoms with Crippen molar-refractivity contribution in [2.45, 2.75) is 20.3 Å². The Hall–Kier alpha value is -2.17. The Morgan fingerprint density at radius 3 is 2.95 bits per heavy atom. The zero-order valence-electron chi connectivity index (χ0n) is 11.0. The summed E-state index contributed by atoms with van der Waals surface area (Å²) in [6, 6.07) is 3.78. The first-order valence-corrected chi connectivity index (χ1v) is 6.33. The number of imidazole rings is 1. The zero-order chi connectivity index (χ0) is 13.5. The maximum atomic E-state index is 12.0. The van der Waals surface area contributed by atoms with Gasteiger partial charge in [0.2, 0.25) is 0 Å². The van der Waals surface area contributed by atoms with E-state index in [4.69, 9.17) is 0 Å². The molecule has 3 rings (SSSR count). The molecule has 1 aliphatic heterocycles. The van der Waals surface area contributed by atoms with E-state index in [1.165, 1.54) is 0 Å². The topological polar surface area (TPSA) is 70.7 Å². The molecule has 1 aliphatic rings. The van der Waals surface area contributed by atoms with Gasteiger partial charge in [-0.05, 0) is 24.0 Å². The molecule has 0 saturated heterocycles. The minimum Gasteiger partial charge on any atom is -0.350 e. The van der Waals surface area contributed by atoms with Crippen molar-refractivity contribution in [2.24, 2.45) is 5.41 Å². The number of hydrogen-bond donors (Lipinski definition) is 2. The first-order chi connectivity index (χ1) is 9.05. The third-order valence-corrected chi connectivity index (χ3v) is 3.31. The van der Waals surface area contributed by atoms with Crippen LogP contribution in [0, 0.1) is 5.41 Å². The molecule has 3 heterocycles. The Morgan fingerprint density at radius 2 is 2.21 bits per heavy atom. The highest BCUT2D eigenvalue weighted by atomic mass is 16.1. The second-order valence-corrected chi connectivity index (χ2v) is 5.68. The number of nitrogens with zero attached hydrogens (tertiary/aromatic N) is 2. The molecule has 2 aromatic heterocycles. The smallest absolute Gasteiger partial charge is 0.271 e. The molecule has 1 amide bonds. The summed E-state index contributed by atoms with van der Waals surface area (Å²) in [4.78, 5) is 23.8. The van der Waals surface area contributed by atoms with E-state index in [9.17, 15) is 4.79 Å². The van der Waals surface area contributed by atoms with Crippen LogP contribution in [0.2, 0.25) is 0 Å². The molecule has 0 atom stereocenters. The molecule has 0 aromatic carbocycles. The highest BCUT2D eigenvalue weighted by molar-refractivity contribution is 5.94. The second kappa shape index (κ2) is 4.19. The Balaban J connectivity index is 2.05. The Kier molecular flexibility index (Phi) is 2.62. The molecular weight excluding hydrogens is 240 g/mol. The number of rotatable bonds is 1. The monoisotopic (exact) mass is 256 g/mol. The molecule has 0 spiro atoms. The zero-order valence-corrected chi connectivity index (χ0v) is 11.0. The van der Waals surface area contributed by atoms with Crippen LogP contribution in [0.25, 0.3) is 11.4 Å². The van der Waals surface area contributed by atoms with Crippen LogP contribution in [0.1, 0.15) is 30.0 Å². The molecule has 0 unspecified atom stereocenters. The van der Waals surface area contributed by atoms with Crippen molar-refractivity contribution >= 4 is 5.91 Å². The van der Waals surface area contributed by atoms with Gasteiger partial charge in [-0.25, -0.2) is 4.98 Å². The van der Waals surface area contributed by atoms with Crippen LogP contribution in [0.4, 0.5) is 0 Å². The fourth-order valence-electron chi connectivity index (χ4n) is 2.31. The number of hydrogen-bond acceptors (Lipinski definition) is 3. The van der Waals surface area contributed by atoms with Crippen molar-refractivity contribution < 1.29 is 4.79 Å². The minimum atomic E-state index is -0.105. The summed E-state index contributed by atoms with van der Waals surface area (Å²) in [5, 5.41) is 2.92. The summed E-state index contributed by atoms with van der Waals surface area (Å²) < 4.78 is 0. The van der Waals surface area contributed by atoms with Gasteiger partial charge in [-0.15, -0.1) is 0 Å². The van der Waals surface area contributed by atoms with Crippen LogP contribution in [0.3, 0.4) is 0 Å². The number of aromatic nitrogens is 3. The molecule has 2 aromatic rings. The Bertz CT molecular complexity index is 616. The van der Waals surface area contributed by atoms with Gasteiger partial charge in [0.15, 0.2) is 0 Å². The number of carbonyl (C=O) groups is 1. The lowest BCUT2D eigenvalue weighted by molar-refractivity contribution is 0.0940. The number of amides is 1. The molecule has 98 valence electrons. The molecule has 0 fully saturated rings. The lowest BCUT2D eigenvalue weighted by atomic mass is 9.88. The lowest BCUT2D eigenvalue weighted by Gasteiger charge is -2.21. The molecule has 5 heteroatoms. The molecule has 0 saturated carbocycles. The first kappa shape index (κ1) is 11.9. The molecule has 0 aliphatic carbocycles. The van der Waals surface area contributed by atoms with Gasteiger partial charge < -0.3 is 10.3 Å². The summed E-state index contributed by atoms with van der Waals surface area (Å²) in [5.74, 6) is 0.595. The third kappa shape index (κ3) is 2.23. The summed E-state index contributed by atoms with van der Waals surface area (Å²) in [6.45, 7) is 4.93. The van der Waals surface area contributed by atoms with Crippen LogP contribution in [0.15, 0.2) is 24.5 Å². The van der Waals surface area contributed by atoms with Gasteiger partial charge in [0.25, 0.3) is 5.91 Å². The van der Waals surface area contributed by atoms with Crippen molar-refractivity contribution in [2.75, 3.05) is 6.54 Å². The molecule has 0 radical (unpaired) electrons. The van der Waals surface area contributed by atoms with Crippen molar-refractivity contribution in [1.82, 2.24) is 20.3 Å². The quantitative estimate of drug-likeness (QED) is 0.817. The largest absolute Gasteiger partial charge is 0.350 e. The van der Waals surface area contributed by atoms with E-state index >= 15 is 0 Å². The highest BCUT2D eigenvalue weighted by Gasteiger charge is 2.29. The Morgan fingerprint density at radius 1 is 1.37 bits per heavy atom. The van der Waals surface area contributed by atoms with Crippen LogP contribution in [0.5, 0.6) is 0 Å². The first-order valence-electron chi connectivity index (χ1n) is 6.33. The van der Waals surface area contributed by atoms with E-state index in [1.54, 1.807) is 12.4 Å². The number of fused-ring (bicyclic) bond motifs is 1. The summed E-state index contributed by atoms with van der Waals surface area (Å²) >= 11 is 0. The summed E-state index contributed by atoms with van der Waals surface area (Å²) in [5.41, 5.74) is 2.32. The van der Waals surface area contributed by atoms with E-state index in [0.29, 0.717) is 18.1 Å².